The summed E-state index contributed by atoms with van der Waals surface area (Å²) in [6.07, 6.45) is 3.64. The topological polar surface area (TPSA) is 102 Å². The second kappa shape index (κ2) is 6.53. The van der Waals surface area contributed by atoms with Crippen molar-refractivity contribution in [1.82, 2.24) is 19.3 Å². The monoisotopic (exact) mass is 327 g/mol. The number of carboxylic acids is 1. The molecule has 1 amide bonds. The number of nitrogens with zero attached hydrogens (tertiary/aromatic N) is 4. The zero-order chi connectivity index (χ0) is 17.1. The minimum atomic E-state index is -1.02. The number of amides is 1. The highest BCUT2D eigenvalue weighted by atomic mass is 16.4. The fraction of sp³-hybridized carbons (Fsp3) is 0.250. The summed E-state index contributed by atoms with van der Waals surface area (Å²) in [5, 5.41) is 15.4. The lowest BCUT2D eigenvalue weighted by atomic mass is 10.3. The number of hydrogen-bond donors (Lipinski definition) is 2. The molecule has 1 aromatic carbocycles. The Morgan fingerprint density at radius 1 is 1.29 bits per heavy atom. The average molecular weight is 327 g/mol. The van der Waals surface area contributed by atoms with Crippen molar-refractivity contribution in [3.05, 3.63) is 42.2 Å². The Balaban J connectivity index is 1.86. The van der Waals surface area contributed by atoms with Crippen molar-refractivity contribution in [3.8, 4) is 0 Å². The van der Waals surface area contributed by atoms with E-state index in [0.29, 0.717) is 5.95 Å². The molecule has 0 aliphatic rings. The summed E-state index contributed by atoms with van der Waals surface area (Å²) in [7, 11) is 0. The molecule has 8 nitrogen and oxygen atoms in total. The highest BCUT2D eigenvalue weighted by Gasteiger charge is 2.15. The maximum Gasteiger partial charge on any atom is 0.325 e. The molecule has 0 fully saturated rings. The van der Waals surface area contributed by atoms with Crippen LogP contribution in [-0.2, 0) is 17.9 Å². The van der Waals surface area contributed by atoms with Crippen molar-refractivity contribution in [2.75, 3.05) is 5.32 Å². The van der Waals surface area contributed by atoms with Crippen LogP contribution in [0.4, 0.5) is 5.95 Å². The van der Waals surface area contributed by atoms with Crippen LogP contribution < -0.4 is 5.32 Å². The van der Waals surface area contributed by atoms with Crippen LogP contribution in [-0.4, -0.2) is 36.3 Å². The van der Waals surface area contributed by atoms with Crippen molar-refractivity contribution in [3.63, 3.8) is 0 Å². The van der Waals surface area contributed by atoms with Crippen LogP contribution in [0.15, 0.2) is 36.7 Å². The van der Waals surface area contributed by atoms with Crippen molar-refractivity contribution in [1.29, 1.82) is 0 Å². The van der Waals surface area contributed by atoms with Gasteiger partial charge in [0.25, 0.3) is 5.91 Å². The number of fused-ring (bicyclic) bond motifs is 1. The number of aryl methyl sites for hydroxylation is 1. The van der Waals surface area contributed by atoms with Gasteiger partial charge in [-0.15, -0.1) is 0 Å². The predicted octanol–water partition coefficient (Wildman–Crippen LogP) is 1.98. The number of aliphatic carboxylic acids is 1. The van der Waals surface area contributed by atoms with Gasteiger partial charge in [-0.05, 0) is 18.6 Å². The number of carboxylic acid groups (broad SMARTS) is 1. The van der Waals surface area contributed by atoms with Crippen molar-refractivity contribution in [2.45, 2.75) is 26.4 Å². The lowest BCUT2D eigenvalue weighted by Crippen LogP contribution is -2.16. The summed E-state index contributed by atoms with van der Waals surface area (Å²) < 4.78 is 3.15. The third-order valence-corrected chi connectivity index (χ3v) is 3.52. The molecule has 0 saturated carbocycles. The first-order valence-electron chi connectivity index (χ1n) is 7.59. The second-order valence-corrected chi connectivity index (χ2v) is 5.35. The van der Waals surface area contributed by atoms with E-state index >= 15 is 0 Å². The molecule has 8 heteroatoms. The molecule has 0 aliphatic carbocycles. The summed E-state index contributed by atoms with van der Waals surface area (Å²) in [4.78, 5) is 27.5. The zero-order valence-corrected chi connectivity index (χ0v) is 13.1. The molecule has 0 saturated heterocycles. The SMILES string of the molecule is CCCn1c(NC(=O)c2cnn(CC(=O)O)c2)nc2ccccc21. The fourth-order valence-corrected chi connectivity index (χ4v) is 2.50. The maximum absolute atomic E-state index is 12.4. The highest BCUT2D eigenvalue weighted by molar-refractivity contribution is 6.03. The van der Waals surface area contributed by atoms with Crippen LogP contribution in [0.1, 0.15) is 23.7 Å². The van der Waals surface area contributed by atoms with E-state index in [2.05, 4.69) is 22.3 Å². The van der Waals surface area contributed by atoms with Crippen LogP contribution in [0.5, 0.6) is 0 Å². The van der Waals surface area contributed by atoms with E-state index in [1.54, 1.807) is 0 Å². The van der Waals surface area contributed by atoms with Gasteiger partial charge in [0.1, 0.15) is 6.54 Å². The van der Waals surface area contributed by atoms with E-state index in [9.17, 15) is 9.59 Å². The van der Waals surface area contributed by atoms with Crippen molar-refractivity contribution < 1.29 is 14.7 Å². The van der Waals surface area contributed by atoms with Gasteiger partial charge in [0.2, 0.25) is 5.95 Å². The molecule has 0 atom stereocenters. The summed E-state index contributed by atoms with van der Waals surface area (Å²) in [6.45, 7) is 2.49. The van der Waals surface area contributed by atoms with E-state index in [4.69, 9.17) is 5.11 Å². The molecule has 0 aliphatic heterocycles. The molecule has 0 radical (unpaired) electrons. The van der Waals surface area contributed by atoms with Crippen LogP contribution in [0.2, 0.25) is 0 Å². The number of nitrogens with one attached hydrogen (secondary N) is 1. The smallest absolute Gasteiger partial charge is 0.325 e. The number of imidazole rings is 1. The number of benzene rings is 1. The molecule has 124 valence electrons. The van der Waals surface area contributed by atoms with Gasteiger partial charge < -0.3 is 9.67 Å². The van der Waals surface area contributed by atoms with Crippen LogP contribution in [0, 0.1) is 0 Å². The third kappa shape index (κ3) is 3.12. The average Bonchev–Trinajstić information content (AvgIpc) is 3.13. The molecule has 2 heterocycles. The Labute approximate surface area is 137 Å². The predicted molar refractivity (Wildman–Crippen MR) is 87.8 cm³/mol. The molecule has 0 unspecified atom stereocenters. The maximum atomic E-state index is 12.4. The van der Waals surface area contributed by atoms with E-state index in [1.165, 1.54) is 17.1 Å². The highest BCUT2D eigenvalue weighted by Crippen LogP contribution is 2.20. The first-order valence-corrected chi connectivity index (χ1v) is 7.59. The third-order valence-electron chi connectivity index (χ3n) is 3.52. The van der Waals surface area contributed by atoms with Crippen LogP contribution in [0.25, 0.3) is 11.0 Å². The molecule has 0 bridgehead atoms. The number of carbonyl (C=O) groups excluding carboxylic acids is 1. The normalized spacial score (nSPS) is 10.9. The lowest BCUT2D eigenvalue weighted by Gasteiger charge is -2.08. The Bertz CT molecular complexity index is 896. The molecule has 0 spiro atoms. The minimum Gasteiger partial charge on any atom is -0.480 e. The minimum absolute atomic E-state index is 0.284. The molecule has 24 heavy (non-hydrogen) atoms. The largest absolute Gasteiger partial charge is 0.480 e. The first kappa shape index (κ1) is 15.7. The Morgan fingerprint density at radius 3 is 2.83 bits per heavy atom. The molecule has 2 aromatic heterocycles. The molecular weight excluding hydrogens is 310 g/mol. The summed E-state index contributed by atoms with van der Waals surface area (Å²) in [5.74, 6) is -0.928. The fourth-order valence-electron chi connectivity index (χ4n) is 2.50. The van der Waals surface area contributed by atoms with Gasteiger partial charge in [-0.2, -0.15) is 5.10 Å². The number of para-hydroxylation sites is 2. The van der Waals surface area contributed by atoms with E-state index in [0.717, 1.165) is 24.0 Å². The van der Waals surface area contributed by atoms with Gasteiger partial charge in [-0.25, -0.2) is 4.98 Å². The zero-order valence-electron chi connectivity index (χ0n) is 13.1. The lowest BCUT2D eigenvalue weighted by molar-refractivity contribution is -0.137. The van der Waals surface area contributed by atoms with Crippen molar-refractivity contribution in [2.24, 2.45) is 0 Å². The molecular formula is C16H17N5O3. The summed E-state index contributed by atoms with van der Waals surface area (Å²) in [5.41, 5.74) is 2.05. The Kier molecular flexibility index (Phi) is 4.28. The number of carbonyl (C=O) groups is 2. The van der Waals surface area contributed by atoms with E-state index in [1.807, 2.05) is 28.8 Å². The summed E-state index contributed by atoms with van der Waals surface area (Å²) >= 11 is 0. The molecule has 3 rings (SSSR count). The van der Waals surface area contributed by atoms with Gasteiger partial charge in [0, 0.05) is 12.7 Å². The number of hydrogen-bond acceptors (Lipinski definition) is 4. The van der Waals surface area contributed by atoms with Gasteiger partial charge in [0.15, 0.2) is 0 Å². The Hall–Kier alpha value is -3.16. The van der Waals surface area contributed by atoms with Gasteiger partial charge >= 0.3 is 5.97 Å². The molecule has 3 aromatic rings. The number of anilines is 1. The quantitative estimate of drug-likeness (QED) is 0.721. The van der Waals surface area contributed by atoms with Crippen LogP contribution >= 0.6 is 0 Å². The van der Waals surface area contributed by atoms with E-state index < -0.39 is 5.97 Å². The molecule has 2 N–H and O–H groups in total. The number of aromatic nitrogens is 4. The first-order chi connectivity index (χ1) is 11.6. The van der Waals surface area contributed by atoms with Crippen molar-refractivity contribution >= 4 is 28.9 Å². The van der Waals surface area contributed by atoms with Gasteiger partial charge in [-0.1, -0.05) is 19.1 Å². The van der Waals surface area contributed by atoms with Gasteiger partial charge in [0.05, 0.1) is 22.8 Å². The Morgan fingerprint density at radius 2 is 2.08 bits per heavy atom. The standard InChI is InChI=1S/C16H17N5O3/c1-2-7-21-13-6-4-3-5-12(13)18-16(21)19-15(24)11-8-17-20(9-11)10-14(22)23/h3-6,8-9H,2,7,10H2,1H3,(H,22,23)(H,18,19,24). The van der Waals surface area contributed by atoms with Gasteiger partial charge in [-0.3, -0.25) is 19.6 Å². The van der Waals surface area contributed by atoms with E-state index in [-0.39, 0.29) is 18.0 Å². The number of rotatable bonds is 6. The van der Waals surface area contributed by atoms with Crippen LogP contribution in [0.3, 0.4) is 0 Å². The summed E-state index contributed by atoms with van der Waals surface area (Å²) in [6, 6.07) is 7.67. The second-order valence-electron chi connectivity index (χ2n) is 5.35.